The minimum Gasteiger partial charge on any atom is -0.476 e. The van der Waals surface area contributed by atoms with Crippen molar-refractivity contribution in [1.82, 2.24) is 4.90 Å². The van der Waals surface area contributed by atoms with E-state index in [4.69, 9.17) is 9.47 Å². The van der Waals surface area contributed by atoms with Crippen LogP contribution in [0.4, 0.5) is 5.69 Å². The van der Waals surface area contributed by atoms with E-state index >= 15 is 0 Å². The van der Waals surface area contributed by atoms with Crippen molar-refractivity contribution in [2.24, 2.45) is 0 Å². The van der Waals surface area contributed by atoms with Crippen LogP contribution in [0.3, 0.4) is 0 Å². The first-order valence-electron chi connectivity index (χ1n) is 8.35. The monoisotopic (exact) mass is 332 g/mol. The molecule has 1 aromatic rings. The zero-order valence-corrected chi connectivity index (χ0v) is 14.5. The van der Waals surface area contributed by atoms with E-state index in [1.54, 1.807) is 23.6 Å². The second kappa shape index (κ2) is 6.43. The Labute approximate surface area is 142 Å². The van der Waals surface area contributed by atoms with Crippen LogP contribution >= 0.6 is 0 Å². The first-order chi connectivity index (χ1) is 11.4. The van der Waals surface area contributed by atoms with E-state index in [1.165, 1.54) is 0 Å². The number of hydrogen-bond acceptors (Lipinski definition) is 4. The van der Waals surface area contributed by atoms with Crippen molar-refractivity contribution in [1.29, 1.82) is 0 Å². The number of anilines is 1. The summed E-state index contributed by atoms with van der Waals surface area (Å²) in [5.74, 6) is 0.629. The van der Waals surface area contributed by atoms with Gasteiger partial charge in [0.2, 0.25) is 5.91 Å². The van der Waals surface area contributed by atoms with E-state index < -0.39 is 5.60 Å². The van der Waals surface area contributed by atoms with E-state index in [0.29, 0.717) is 45.0 Å². The summed E-state index contributed by atoms with van der Waals surface area (Å²) in [4.78, 5) is 28.6. The van der Waals surface area contributed by atoms with Gasteiger partial charge in [-0.25, -0.2) is 0 Å². The zero-order chi connectivity index (χ0) is 17.3. The third kappa shape index (κ3) is 3.24. The summed E-state index contributed by atoms with van der Waals surface area (Å²) >= 11 is 0. The van der Waals surface area contributed by atoms with Crippen molar-refractivity contribution >= 4 is 17.5 Å². The number of aryl methyl sites for hydroxylation is 1. The molecule has 130 valence electrons. The molecular formula is C18H24N2O4. The summed E-state index contributed by atoms with van der Waals surface area (Å²) in [6.07, 6.45) is 0.301. The fourth-order valence-corrected chi connectivity index (χ4v) is 3.08. The van der Waals surface area contributed by atoms with Gasteiger partial charge in [0.05, 0.1) is 18.9 Å². The molecular weight excluding hydrogens is 308 g/mol. The molecule has 0 aliphatic carbocycles. The number of amides is 2. The molecule has 0 unspecified atom stereocenters. The SMILES string of the molecule is Cc1ccc2c(c1)N(CCC(=O)N1CCOCC1)C(=O)C(C)(C)O2. The van der Waals surface area contributed by atoms with Crippen LogP contribution in [-0.4, -0.2) is 55.2 Å². The van der Waals surface area contributed by atoms with E-state index in [2.05, 4.69) is 0 Å². The summed E-state index contributed by atoms with van der Waals surface area (Å²) in [5.41, 5.74) is 0.869. The topological polar surface area (TPSA) is 59.1 Å². The number of ether oxygens (including phenoxy) is 2. The van der Waals surface area contributed by atoms with Gasteiger partial charge >= 0.3 is 0 Å². The molecule has 0 spiro atoms. The van der Waals surface area contributed by atoms with Gasteiger partial charge in [-0.3, -0.25) is 9.59 Å². The maximum atomic E-state index is 12.8. The molecule has 0 bridgehead atoms. The number of rotatable bonds is 3. The fraction of sp³-hybridized carbons (Fsp3) is 0.556. The van der Waals surface area contributed by atoms with Crippen LogP contribution in [0.2, 0.25) is 0 Å². The lowest BCUT2D eigenvalue weighted by molar-refractivity contribution is -0.135. The van der Waals surface area contributed by atoms with Gasteiger partial charge in [0.15, 0.2) is 5.60 Å². The first kappa shape index (κ1) is 16.8. The molecule has 24 heavy (non-hydrogen) atoms. The largest absolute Gasteiger partial charge is 0.476 e. The Bertz CT molecular complexity index is 650. The summed E-state index contributed by atoms with van der Waals surface area (Å²) in [7, 11) is 0. The average Bonchev–Trinajstić information content (AvgIpc) is 2.56. The van der Waals surface area contributed by atoms with E-state index in [0.717, 1.165) is 11.3 Å². The molecule has 2 aliphatic rings. The van der Waals surface area contributed by atoms with Crippen LogP contribution in [0.25, 0.3) is 0 Å². The molecule has 3 rings (SSSR count). The molecule has 1 aromatic carbocycles. The van der Waals surface area contributed by atoms with Crippen molar-refractivity contribution in [3.8, 4) is 5.75 Å². The number of carbonyl (C=O) groups excluding carboxylic acids is 2. The van der Waals surface area contributed by atoms with Crippen molar-refractivity contribution in [2.45, 2.75) is 32.8 Å². The maximum absolute atomic E-state index is 12.8. The minimum absolute atomic E-state index is 0.0598. The summed E-state index contributed by atoms with van der Waals surface area (Å²) in [5, 5.41) is 0. The molecule has 2 amide bonds. The van der Waals surface area contributed by atoms with Crippen LogP contribution in [0, 0.1) is 6.92 Å². The molecule has 0 radical (unpaired) electrons. The molecule has 1 saturated heterocycles. The Balaban J connectivity index is 1.77. The molecule has 0 aromatic heterocycles. The van der Waals surface area contributed by atoms with E-state index in [9.17, 15) is 9.59 Å². The lowest BCUT2D eigenvalue weighted by Crippen LogP contribution is -2.53. The Morgan fingerprint density at radius 2 is 1.96 bits per heavy atom. The van der Waals surface area contributed by atoms with E-state index in [1.807, 2.05) is 25.1 Å². The van der Waals surface area contributed by atoms with Crippen LogP contribution in [0.5, 0.6) is 5.75 Å². The molecule has 0 saturated carbocycles. The lowest BCUT2D eigenvalue weighted by Gasteiger charge is -2.39. The highest BCUT2D eigenvalue weighted by Crippen LogP contribution is 2.38. The average molecular weight is 332 g/mol. The van der Waals surface area contributed by atoms with Gasteiger partial charge in [-0.05, 0) is 38.5 Å². The number of nitrogens with zero attached hydrogens (tertiary/aromatic N) is 2. The van der Waals surface area contributed by atoms with Gasteiger partial charge in [0.25, 0.3) is 5.91 Å². The standard InChI is InChI=1S/C18H24N2O4/c1-13-4-5-15-14(12-13)20(17(22)18(2,3)24-15)7-6-16(21)19-8-10-23-11-9-19/h4-5,12H,6-11H2,1-3H3. The number of benzene rings is 1. The first-order valence-corrected chi connectivity index (χ1v) is 8.35. The Kier molecular flexibility index (Phi) is 4.49. The molecule has 6 nitrogen and oxygen atoms in total. The van der Waals surface area contributed by atoms with Gasteiger partial charge in [-0.1, -0.05) is 6.07 Å². The van der Waals surface area contributed by atoms with Crippen LogP contribution in [-0.2, 0) is 14.3 Å². The van der Waals surface area contributed by atoms with Crippen LogP contribution < -0.4 is 9.64 Å². The highest BCUT2D eigenvalue weighted by atomic mass is 16.5. The molecule has 0 atom stereocenters. The Morgan fingerprint density at radius 3 is 2.67 bits per heavy atom. The summed E-state index contributed by atoms with van der Waals surface area (Å²) in [6, 6.07) is 5.78. The third-order valence-corrected chi connectivity index (χ3v) is 4.44. The minimum atomic E-state index is -0.926. The van der Waals surface area contributed by atoms with Crippen molar-refractivity contribution < 1.29 is 19.1 Å². The van der Waals surface area contributed by atoms with Crippen molar-refractivity contribution in [3.63, 3.8) is 0 Å². The second-order valence-corrected chi connectivity index (χ2v) is 6.78. The van der Waals surface area contributed by atoms with Gasteiger partial charge in [0.1, 0.15) is 5.75 Å². The van der Waals surface area contributed by atoms with Gasteiger partial charge < -0.3 is 19.3 Å². The highest BCUT2D eigenvalue weighted by molar-refractivity contribution is 6.02. The molecule has 1 fully saturated rings. The smallest absolute Gasteiger partial charge is 0.270 e. The Morgan fingerprint density at radius 1 is 1.25 bits per heavy atom. The van der Waals surface area contributed by atoms with Gasteiger partial charge in [-0.2, -0.15) is 0 Å². The number of morpholine rings is 1. The van der Waals surface area contributed by atoms with Gasteiger partial charge in [-0.15, -0.1) is 0 Å². The Hall–Kier alpha value is -2.08. The predicted octanol–water partition coefficient (Wildman–Crippen LogP) is 1.75. The van der Waals surface area contributed by atoms with E-state index in [-0.39, 0.29) is 11.8 Å². The summed E-state index contributed by atoms with van der Waals surface area (Å²) in [6.45, 7) is 8.26. The molecule has 2 aliphatic heterocycles. The molecule has 2 heterocycles. The third-order valence-electron chi connectivity index (χ3n) is 4.44. The summed E-state index contributed by atoms with van der Waals surface area (Å²) < 4.78 is 11.1. The molecule has 0 N–H and O–H groups in total. The van der Waals surface area contributed by atoms with Crippen LogP contribution in [0.15, 0.2) is 18.2 Å². The quantitative estimate of drug-likeness (QED) is 0.846. The fourth-order valence-electron chi connectivity index (χ4n) is 3.08. The second-order valence-electron chi connectivity index (χ2n) is 6.78. The van der Waals surface area contributed by atoms with Crippen molar-refractivity contribution in [2.75, 3.05) is 37.7 Å². The molecule has 6 heteroatoms. The predicted molar refractivity (Wildman–Crippen MR) is 90.3 cm³/mol. The van der Waals surface area contributed by atoms with Crippen molar-refractivity contribution in [3.05, 3.63) is 23.8 Å². The number of carbonyl (C=O) groups is 2. The highest BCUT2D eigenvalue weighted by Gasteiger charge is 2.41. The number of fused-ring (bicyclic) bond motifs is 1. The lowest BCUT2D eigenvalue weighted by atomic mass is 10.0. The van der Waals surface area contributed by atoms with Gasteiger partial charge in [0, 0.05) is 26.1 Å². The number of hydrogen-bond donors (Lipinski definition) is 0. The zero-order valence-electron chi connectivity index (χ0n) is 14.5. The van der Waals surface area contributed by atoms with Crippen LogP contribution in [0.1, 0.15) is 25.8 Å². The normalized spacial score (nSPS) is 19.7. The maximum Gasteiger partial charge on any atom is 0.270 e.